The standard InChI is InChI=1S/C18H15FN2O4S/c1-23-13-7-8-14(16(9-13)24-2)15(22)10-26-18-21-20-17(25-18)11-3-5-12(19)6-4-11/h3-9H,10H2,1-2H3. The van der Waals surface area contributed by atoms with Gasteiger partial charge in [0.2, 0.25) is 5.89 Å². The summed E-state index contributed by atoms with van der Waals surface area (Å²) in [6.07, 6.45) is 0. The average molecular weight is 374 g/mol. The smallest absolute Gasteiger partial charge is 0.277 e. The van der Waals surface area contributed by atoms with Crippen molar-refractivity contribution in [3.8, 4) is 23.0 Å². The van der Waals surface area contributed by atoms with E-state index in [4.69, 9.17) is 13.9 Å². The van der Waals surface area contributed by atoms with Gasteiger partial charge in [0.25, 0.3) is 5.22 Å². The summed E-state index contributed by atoms with van der Waals surface area (Å²) in [5.41, 5.74) is 1.05. The van der Waals surface area contributed by atoms with Gasteiger partial charge in [-0.05, 0) is 36.4 Å². The summed E-state index contributed by atoms with van der Waals surface area (Å²) in [6.45, 7) is 0. The number of hydrogen-bond acceptors (Lipinski definition) is 7. The van der Waals surface area contributed by atoms with Crippen molar-refractivity contribution in [3.05, 3.63) is 53.8 Å². The zero-order valence-electron chi connectivity index (χ0n) is 14.1. The Hall–Kier alpha value is -2.87. The molecule has 0 atom stereocenters. The van der Waals surface area contributed by atoms with E-state index in [1.54, 1.807) is 37.4 Å². The van der Waals surface area contributed by atoms with Gasteiger partial charge in [-0.15, -0.1) is 10.2 Å². The number of hydrogen-bond donors (Lipinski definition) is 0. The van der Waals surface area contributed by atoms with Crippen LogP contribution in [0.3, 0.4) is 0 Å². The van der Waals surface area contributed by atoms with Crippen LogP contribution >= 0.6 is 11.8 Å². The number of ether oxygens (including phenoxy) is 2. The number of rotatable bonds is 7. The van der Waals surface area contributed by atoms with Crippen molar-refractivity contribution in [2.45, 2.75) is 5.22 Å². The summed E-state index contributed by atoms with van der Waals surface area (Å²) in [5.74, 6) is 0.924. The number of carbonyl (C=O) groups excluding carboxylic acids is 1. The molecule has 0 aliphatic rings. The summed E-state index contributed by atoms with van der Waals surface area (Å²) in [7, 11) is 3.03. The molecule has 0 aliphatic heterocycles. The molecule has 0 spiro atoms. The lowest BCUT2D eigenvalue weighted by atomic mass is 10.1. The predicted molar refractivity (Wildman–Crippen MR) is 94.3 cm³/mol. The third-order valence-corrected chi connectivity index (χ3v) is 4.35. The van der Waals surface area contributed by atoms with Crippen LogP contribution in [0.2, 0.25) is 0 Å². The maximum absolute atomic E-state index is 13.0. The number of carbonyl (C=O) groups is 1. The minimum absolute atomic E-state index is 0.105. The van der Waals surface area contributed by atoms with Gasteiger partial charge in [-0.3, -0.25) is 4.79 Å². The van der Waals surface area contributed by atoms with Gasteiger partial charge < -0.3 is 13.9 Å². The fourth-order valence-corrected chi connectivity index (χ4v) is 2.86. The van der Waals surface area contributed by atoms with Crippen molar-refractivity contribution in [2.75, 3.05) is 20.0 Å². The van der Waals surface area contributed by atoms with Crippen LogP contribution in [0.25, 0.3) is 11.5 Å². The van der Waals surface area contributed by atoms with Gasteiger partial charge >= 0.3 is 0 Å². The highest BCUT2D eigenvalue weighted by Crippen LogP contribution is 2.28. The third kappa shape index (κ3) is 4.02. The van der Waals surface area contributed by atoms with Crippen LogP contribution in [0, 0.1) is 5.82 Å². The molecule has 0 radical (unpaired) electrons. The second-order valence-electron chi connectivity index (χ2n) is 5.16. The lowest BCUT2D eigenvalue weighted by molar-refractivity contribution is 0.101. The molecule has 0 fully saturated rings. The first-order valence-corrected chi connectivity index (χ1v) is 8.56. The molecule has 0 unspecified atom stereocenters. The monoisotopic (exact) mass is 374 g/mol. The summed E-state index contributed by atoms with van der Waals surface area (Å²) < 4.78 is 28.8. The minimum atomic E-state index is -0.345. The summed E-state index contributed by atoms with van der Waals surface area (Å²) >= 11 is 1.12. The Morgan fingerprint density at radius 1 is 1.12 bits per heavy atom. The van der Waals surface area contributed by atoms with E-state index in [0.717, 1.165) is 11.8 Å². The third-order valence-electron chi connectivity index (χ3n) is 3.53. The zero-order valence-corrected chi connectivity index (χ0v) is 14.9. The van der Waals surface area contributed by atoms with Crippen LogP contribution in [-0.4, -0.2) is 36.0 Å². The van der Waals surface area contributed by atoms with E-state index < -0.39 is 0 Å². The Bertz CT molecular complexity index is 912. The topological polar surface area (TPSA) is 74.5 Å². The summed E-state index contributed by atoms with van der Waals surface area (Å²) in [4.78, 5) is 12.4. The summed E-state index contributed by atoms with van der Waals surface area (Å²) in [5, 5.41) is 8.07. The first-order valence-electron chi connectivity index (χ1n) is 7.58. The number of ketones is 1. The quantitative estimate of drug-likeness (QED) is 0.459. The van der Waals surface area contributed by atoms with E-state index in [9.17, 15) is 9.18 Å². The van der Waals surface area contributed by atoms with Gasteiger partial charge in [-0.1, -0.05) is 11.8 Å². The minimum Gasteiger partial charge on any atom is -0.497 e. The van der Waals surface area contributed by atoms with Crippen LogP contribution in [0.4, 0.5) is 4.39 Å². The summed E-state index contributed by atoms with van der Waals surface area (Å²) in [6, 6.07) is 10.7. The maximum atomic E-state index is 13.0. The molecule has 1 aromatic heterocycles. The van der Waals surface area contributed by atoms with Crippen LogP contribution in [-0.2, 0) is 0 Å². The van der Waals surface area contributed by atoms with Crippen molar-refractivity contribution in [2.24, 2.45) is 0 Å². The highest BCUT2D eigenvalue weighted by Gasteiger charge is 2.16. The van der Waals surface area contributed by atoms with Crippen molar-refractivity contribution < 1.29 is 23.1 Å². The molecule has 2 aromatic carbocycles. The molecular formula is C18H15FN2O4S. The molecular weight excluding hydrogens is 359 g/mol. The van der Waals surface area contributed by atoms with Crippen molar-refractivity contribution in [1.82, 2.24) is 10.2 Å². The van der Waals surface area contributed by atoms with E-state index in [1.165, 1.54) is 19.2 Å². The van der Waals surface area contributed by atoms with Crippen molar-refractivity contribution in [3.63, 3.8) is 0 Å². The SMILES string of the molecule is COc1ccc(C(=O)CSc2nnc(-c3ccc(F)cc3)o2)c(OC)c1. The number of Topliss-reactive ketones (excluding diaryl/α,β-unsaturated/α-hetero) is 1. The Morgan fingerprint density at radius 3 is 2.58 bits per heavy atom. The highest BCUT2D eigenvalue weighted by atomic mass is 32.2. The zero-order chi connectivity index (χ0) is 18.5. The van der Waals surface area contributed by atoms with E-state index in [0.29, 0.717) is 22.6 Å². The van der Waals surface area contributed by atoms with Gasteiger partial charge in [0.15, 0.2) is 5.78 Å². The van der Waals surface area contributed by atoms with Gasteiger partial charge in [0.05, 0.1) is 25.5 Å². The largest absolute Gasteiger partial charge is 0.497 e. The molecule has 1 heterocycles. The molecule has 3 aromatic rings. The van der Waals surface area contributed by atoms with Crippen LogP contribution in [0.5, 0.6) is 11.5 Å². The molecule has 8 heteroatoms. The molecule has 6 nitrogen and oxygen atoms in total. The van der Waals surface area contributed by atoms with Crippen molar-refractivity contribution >= 4 is 17.5 Å². The van der Waals surface area contributed by atoms with E-state index in [1.807, 2.05) is 0 Å². The second kappa shape index (κ2) is 8.01. The van der Waals surface area contributed by atoms with Crippen LogP contribution in [0.15, 0.2) is 52.1 Å². The van der Waals surface area contributed by atoms with Gasteiger partial charge in [-0.25, -0.2) is 4.39 Å². The fraction of sp³-hybridized carbons (Fsp3) is 0.167. The Kier molecular flexibility index (Phi) is 5.52. The molecule has 0 aliphatic carbocycles. The van der Waals surface area contributed by atoms with Crippen LogP contribution in [0.1, 0.15) is 10.4 Å². The highest BCUT2D eigenvalue weighted by molar-refractivity contribution is 7.99. The molecule has 134 valence electrons. The first-order chi connectivity index (χ1) is 12.6. The van der Waals surface area contributed by atoms with Crippen LogP contribution < -0.4 is 9.47 Å². The Balaban J connectivity index is 1.68. The van der Waals surface area contributed by atoms with Gasteiger partial charge in [0, 0.05) is 11.6 Å². The molecule has 0 amide bonds. The molecule has 0 bridgehead atoms. The number of benzene rings is 2. The molecule has 26 heavy (non-hydrogen) atoms. The normalized spacial score (nSPS) is 10.6. The average Bonchev–Trinajstić information content (AvgIpc) is 3.15. The molecule has 0 saturated heterocycles. The second-order valence-corrected chi connectivity index (χ2v) is 6.08. The number of methoxy groups -OCH3 is 2. The van der Waals surface area contributed by atoms with E-state index in [2.05, 4.69) is 10.2 Å². The van der Waals surface area contributed by atoms with Gasteiger partial charge in [-0.2, -0.15) is 0 Å². The lowest BCUT2D eigenvalue weighted by Gasteiger charge is -2.08. The lowest BCUT2D eigenvalue weighted by Crippen LogP contribution is -2.05. The fourth-order valence-electron chi connectivity index (χ4n) is 2.21. The Labute approximate surface area is 153 Å². The van der Waals surface area contributed by atoms with Crippen molar-refractivity contribution in [1.29, 1.82) is 0 Å². The molecule has 0 N–H and O–H groups in total. The van der Waals surface area contributed by atoms with E-state index in [-0.39, 0.29) is 28.5 Å². The molecule has 0 saturated carbocycles. The van der Waals surface area contributed by atoms with Gasteiger partial charge in [0.1, 0.15) is 17.3 Å². The molecule has 3 rings (SSSR count). The first kappa shape index (κ1) is 17.9. The predicted octanol–water partition coefficient (Wildman–Crippen LogP) is 3.87. The number of thioether (sulfide) groups is 1. The number of halogens is 1. The maximum Gasteiger partial charge on any atom is 0.277 e. The Morgan fingerprint density at radius 2 is 1.88 bits per heavy atom. The van der Waals surface area contributed by atoms with E-state index >= 15 is 0 Å². The number of aromatic nitrogens is 2. The number of nitrogens with zero attached hydrogens (tertiary/aromatic N) is 2.